The molecule has 29 heavy (non-hydrogen) atoms. The van der Waals surface area contributed by atoms with Crippen LogP contribution in [0.1, 0.15) is 11.7 Å². The van der Waals surface area contributed by atoms with E-state index in [1.807, 2.05) is 0 Å². The second-order valence-corrected chi connectivity index (χ2v) is 6.74. The smallest absolute Gasteiger partial charge is 0.355 e. The van der Waals surface area contributed by atoms with Crippen molar-refractivity contribution in [2.75, 3.05) is 65.3 Å². The molecule has 0 bridgehead atoms. The number of nitrogens with zero attached hydrogens (tertiary/aromatic N) is 2. The van der Waals surface area contributed by atoms with Gasteiger partial charge in [-0.05, 0) is 17.7 Å². The third-order valence-corrected chi connectivity index (χ3v) is 4.96. The second-order valence-electron chi connectivity index (χ2n) is 6.74. The minimum absolute atomic E-state index is 0.0377. The Bertz CT molecular complexity index is 757. The Kier molecular flexibility index (Phi) is 7.21. The molecule has 9 nitrogen and oxygen atoms in total. The molecule has 0 saturated carbocycles. The van der Waals surface area contributed by atoms with Gasteiger partial charge < -0.3 is 29.0 Å². The summed E-state index contributed by atoms with van der Waals surface area (Å²) in [6.45, 7) is 3.51. The van der Waals surface area contributed by atoms with Crippen molar-refractivity contribution in [2.24, 2.45) is 0 Å². The molecule has 1 unspecified atom stereocenters. The van der Waals surface area contributed by atoms with Crippen molar-refractivity contribution >= 4 is 17.6 Å². The summed E-state index contributed by atoms with van der Waals surface area (Å²) in [6.07, 6.45) is -0.638. The van der Waals surface area contributed by atoms with Crippen LogP contribution >= 0.6 is 0 Å². The third-order valence-electron chi connectivity index (χ3n) is 4.96. The molecule has 9 heteroatoms. The molecule has 3 rings (SSSR count). The van der Waals surface area contributed by atoms with Gasteiger partial charge in [-0.3, -0.25) is 4.90 Å². The van der Waals surface area contributed by atoms with E-state index in [4.69, 9.17) is 18.9 Å². The van der Waals surface area contributed by atoms with E-state index in [2.05, 4.69) is 4.90 Å². The molecular weight excluding hydrogens is 380 g/mol. The number of benzene rings is 1. The number of ether oxygens (including phenoxy) is 4. The number of methoxy groups -OCH3 is 2. The van der Waals surface area contributed by atoms with E-state index in [9.17, 15) is 14.7 Å². The maximum Gasteiger partial charge on any atom is 0.355 e. The van der Waals surface area contributed by atoms with Gasteiger partial charge in [0.25, 0.3) is 0 Å². The molecule has 1 aromatic rings. The number of rotatable bonds is 6. The maximum atomic E-state index is 12.3. The number of esters is 2. The first-order valence-electron chi connectivity index (χ1n) is 9.38. The Hall–Kier alpha value is -2.46. The number of aliphatic hydroxyl groups is 1. The molecule has 1 atom stereocenters. The van der Waals surface area contributed by atoms with Gasteiger partial charge in [0.2, 0.25) is 0 Å². The van der Waals surface area contributed by atoms with Gasteiger partial charge in [0.15, 0.2) is 0 Å². The van der Waals surface area contributed by atoms with Gasteiger partial charge in [-0.15, -0.1) is 0 Å². The highest BCUT2D eigenvalue weighted by atomic mass is 16.5. The van der Waals surface area contributed by atoms with Crippen molar-refractivity contribution in [1.29, 1.82) is 0 Å². The number of aliphatic hydroxyl groups excluding tert-OH is 1. The normalized spacial score (nSPS) is 19.1. The van der Waals surface area contributed by atoms with E-state index in [0.29, 0.717) is 25.4 Å². The zero-order chi connectivity index (χ0) is 20.8. The molecule has 2 heterocycles. The average molecular weight is 406 g/mol. The summed E-state index contributed by atoms with van der Waals surface area (Å²) in [6, 6.07) is 7.12. The van der Waals surface area contributed by atoms with Gasteiger partial charge in [-0.2, -0.15) is 0 Å². The van der Waals surface area contributed by atoms with Gasteiger partial charge in [-0.25, -0.2) is 9.59 Å². The molecule has 0 aromatic heterocycles. The van der Waals surface area contributed by atoms with E-state index in [0.717, 1.165) is 18.7 Å². The summed E-state index contributed by atoms with van der Waals surface area (Å²) >= 11 is 0. The van der Waals surface area contributed by atoms with Gasteiger partial charge in [0.1, 0.15) is 12.4 Å². The highest BCUT2D eigenvalue weighted by Gasteiger charge is 2.32. The van der Waals surface area contributed by atoms with Gasteiger partial charge >= 0.3 is 11.9 Å². The molecular formula is C20H26N2O7. The lowest BCUT2D eigenvalue weighted by atomic mass is 10.1. The lowest BCUT2D eigenvalue weighted by molar-refractivity contribution is -0.140. The molecule has 1 N–H and O–H groups in total. The predicted molar refractivity (Wildman–Crippen MR) is 103 cm³/mol. The first-order chi connectivity index (χ1) is 14.0. The van der Waals surface area contributed by atoms with Gasteiger partial charge in [0, 0.05) is 25.3 Å². The van der Waals surface area contributed by atoms with E-state index in [1.54, 1.807) is 29.2 Å². The van der Waals surface area contributed by atoms with Crippen molar-refractivity contribution in [3.8, 4) is 0 Å². The first-order valence-corrected chi connectivity index (χ1v) is 9.38. The van der Waals surface area contributed by atoms with E-state index < -0.39 is 18.0 Å². The van der Waals surface area contributed by atoms with Crippen LogP contribution < -0.4 is 4.90 Å². The molecule has 0 radical (unpaired) electrons. The van der Waals surface area contributed by atoms with E-state index in [-0.39, 0.29) is 24.6 Å². The molecule has 1 fully saturated rings. The van der Waals surface area contributed by atoms with E-state index >= 15 is 0 Å². The minimum atomic E-state index is -0.648. The zero-order valence-electron chi connectivity index (χ0n) is 16.6. The topological polar surface area (TPSA) is 97.8 Å². The van der Waals surface area contributed by atoms with Crippen LogP contribution in [0, 0.1) is 0 Å². The first kappa shape index (κ1) is 21.3. The number of carbonyl (C=O) groups is 2. The monoisotopic (exact) mass is 406 g/mol. The molecule has 1 saturated heterocycles. The van der Waals surface area contributed by atoms with Crippen molar-refractivity contribution in [3.63, 3.8) is 0 Å². The lowest BCUT2D eigenvalue weighted by Gasteiger charge is -2.31. The Morgan fingerprint density at radius 1 is 1.07 bits per heavy atom. The minimum Gasteiger partial charge on any atom is -0.466 e. The fraction of sp³-hybridized carbons (Fsp3) is 0.500. The summed E-state index contributed by atoms with van der Waals surface area (Å²) < 4.78 is 20.4. The van der Waals surface area contributed by atoms with Crippen LogP contribution in [0.5, 0.6) is 0 Å². The van der Waals surface area contributed by atoms with Crippen LogP contribution in [0.4, 0.5) is 5.69 Å². The molecule has 1 aromatic carbocycles. The fourth-order valence-corrected chi connectivity index (χ4v) is 3.36. The molecule has 0 amide bonds. The molecule has 2 aliphatic rings. The van der Waals surface area contributed by atoms with E-state index in [1.165, 1.54) is 14.2 Å². The standard InChI is InChI=1S/C20H26N2O7/c1-26-19(24)16-12-29-13-22(18(16)20(25)27-2)15-5-3-14(4-6-15)17(23)11-21-7-9-28-10-8-21/h3-6,17,23H,7-13H2,1-2H3. The van der Waals surface area contributed by atoms with Crippen molar-refractivity contribution in [1.82, 2.24) is 4.90 Å². The maximum absolute atomic E-state index is 12.3. The van der Waals surface area contributed by atoms with Crippen molar-refractivity contribution < 1.29 is 33.6 Å². The Labute approximate surface area is 169 Å². The van der Waals surface area contributed by atoms with Crippen LogP contribution in [-0.2, 0) is 28.5 Å². The summed E-state index contributed by atoms with van der Waals surface area (Å²) in [4.78, 5) is 28.1. The number of hydrogen-bond donors (Lipinski definition) is 1. The van der Waals surface area contributed by atoms with Gasteiger partial charge in [-0.1, -0.05) is 12.1 Å². The number of morpholine rings is 1. The number of carbonyl (C=O) groups excluding carboxylic acids is 2. The second kappa shape index (κ2) is 9.84. The lowest BCUT2D eigenvalue weighted by Crippen LogP contribution is -2.39. The Morgan fingerprint density at radius 3 is 2.34 bits per heavy atom. The SMILES string of the molecule is COC(=O)C1=C(C(=O)OC)N(c2ccc(C(O)CN3CCOCC3)cc2)COC1. The molecule has 0 spiro atoms. The fourth-order valence-electron chi connectivity index (χ4n) is 3.36. The van der Waals surface area contributed by atoms with Crippen LogP contribution in [0.25, 0.3) is 0 Å². The molecule has 158 valence electrons. The van der Waals surface area contributed by atoms with Crippen LogP contribution in [0.15, 0.2) is 35.5 Å². The van der Waals surface area contributed by atoms with Crippen LogP contribution in [0.3, 0.4) is 0 Å². The predicted octanol–water partition coefficient (Wildman–Crippen LogP) is 0.446. The summed E-state index contributed by atoms with van der Waals surface area (Å²) in [5, 5.41) is 10.5. The molecule has 2 aliphatic heterocycles. The highest BCUT2D eigenvalue weighted by molar-refractivity contribution is 6.03. The quantitative estimate of drug-likeness (QED) is 0.675. The highest BCUT2D eigenvalue weighted by Crippen LogP contribution is 2.28. The summed E-state index contributed by atoms with van der Waals surface area (Å²) in [5.74, 6) is -1.29. The van der Waals surface area contributed by atoms with Gasteiger partial charge in [0.05, 0.1) is 45.7 Å². The third kappa shape index (κ3) is 4.94. The number of β-amino-alcohol motifs (C(OH)–C–C–N with tert-alkyl or cyclic N) is 1. The number of hydrogen-bond acceptors (Lipinski definition) is 9. The Balaban J connectivity index is 1.80. The number of anilines is 1. The average Bonchev–Trinajstić information content (AvgIpc) is 2.78. The van der Waals surface area contributed by atoms with Crippen molar-refractivity contribution in [2.45, 2.75) is 6.10 Å². The van der Waals surface area contributed by atoms with Crippen LogP contribution in [0.2, 0.25) is 0 Å². The largest absolute Gasteiger partial charge is 0.466 e. The summed E-state index contributed by atoms with van der Waals surface area (Å²) in [5.41, 5.74) is 1.58. The van der Waals surface area contributed by atoms with Crippen LogP contribution in [-0.4, -0.2) is 82.4 Å². The molecule has 0 aliphatic carbocycles. The summed E-state index contributed by atoms with van der Waals surface area (Å²) in [7, 11) is 2.50. The zero-order valence-corrected chi connectivity index (χ0v) is 16.6. The van der Waals surface area contributed by atoms with Crippen molar-refractivity contribution in [3.05, 3.63) is 41.1 Å². The Morgan fingerprint density at radius 2 is 1.72 bits per heavy atom.